The molecule has 0 aliphatic heterocycles. The Kier molecular flexibility index (Phi) is 11.5. The van der Waals surface area contributed by atoms with Gasteiger partial charge in [0.15, 0.2) is 13.2 Å². The number of ether oxygens (including phenoxy) is 4. The van der Waals surface area contributed by atoms with Crippen molar-refractivity contribution in [3.63, 3.8) is 0 Å². The van der Waals surface area contributed by atoms with Gasteiger partial charge < -0.3 is 28.7 Å². The second-order valence-corrected chi connectivity index (χ2v) is 7.50. The van der Waals surface area contributed by atoms with E-state index in [1.807, 2.05) is 0 Å². The third kappa shape index (κ3) is 6.45. The van der Waals surface area contributed by atoms with Crippen LogP contribution in [0.4, 0.5) is 0 Å². The lowest BCUT2D eigenvalue weighted by molar-refractivity contribution is -0.199. The van der Waals surface area contributed by atoms with Crippen molar-refractivity contribution in [3.05, 3.63) is 0 Å². The summed E-state index contributed by atoms with van der Waals surface area (Å²) >= 11 is 0. The summed E-state index contributed by atoms with van der Waals surface area (Å²) in [6.45, 7) is 7.45. The number of carbonyl (C=O) groups excluding carboxylic acids is 6. The van der Waals surface area contributed by atoms with Crippen molar-refractivity contribution in [2.45, 2.75) is 27.7 Å². The van der Waals surface area contributed by atoms with Crippen LogP contribution in [0.25, 0.3) is 0 Å². The van der Waals surface area contributed by atoms with Crippen LogP contribution in [0.3, 0.4) is 0 Å². The zero-order chi connectivity index (χ0) is 26.0. The van der Waals surface area contributed by atoms with Gasteiger partial charge >= 0.3 is 23.9 Å². The maximum Gasteiger partial charge on any atom is 0.311 e. The van der Waals surface area contributed by atoms with Gasteiger partial charge in [-0.3, -0.25) is 28.8 Å². The van der Waals surface area contributed by atoms with E-state index < -0.39 is 72.6 Å². The Morgan fingerprint density at radius 3 is 1.03 bits per heavy atom. The van der Waals surface area contributed by atoms with Crippen LogP contribution in [-0.4, -0.2) is 99.1 Å². The molecular weight excluding hydrogens is 452 g/mol. The van der Waals surface area contributed by atoms with E-state index in [0.29, 0.717) is 26.2 Å². The third-order valence-electron chi connectivity index (χ3n) is 5.95. The summed E-state index contributed by atoms with van der Waals surface area (Å²) in [7, 11) is 2.13. The summed E-state index contributed by atoms with van der Waals surface area (Å²) in [6, 6.07) is 0. The molecule has 0 aromatic rings. The van der Waals surface area contributed by atoms with Gasteiger partial charge in [-0.1, -0.05) is 0 Å². The van der Waals surface area contributed by atoms with E-state index in [-0.39, 0.29) is 0 Å². The molecule has 0 bridgehead atoms. The second kappa shape index (κ2) is 13.5. The van der Waals surface area contributed by atoms with Gasteiger partial charge in [-0.2, -0.15) is 0 Å². The molecule has 12 nitrogen and oxygen atoms in total. The maximum atomic E-state index is 12.8. The first-order valence-electron chi connectivity index (χ1n) is 11.2. The highest BCUT2D eigenvalue weighted by atomic mass is 16.6. The quantitative estimate of drug-likeness (QED) is 0.265. The number of hydrogen-bond donors (Lipinski definition) is 0. The first-order valence-corrected chi connectivity index (χ1v) is 11.2. The van der Waals surface area contributed by atoms with Crippen LogP contribution in [0.2, 0.25) is 0 Å². The molecule has 4 atom stereocenters. The number of nitrogens with zero attached hydrogens (tertiary/aromatic N) is 2. The Hall–Kier alpha value is -3.18. The lowest BCUT2D eigenvalue weighted by atomic mass is 9.56. The van der Waals surface area contributed by atoms with Crippen LogP contribution in [0.5, 0.6) is 0 Å². The lowest BCUT2D eigenvalue weighted by Gasteiger charge is -2.45. The summed E-state index contributed by atoms with van der Waals surface area (Å²) in [5.74, 6) is -10.5. The van der Waals surface area contributed by atoms with Gasteiger partial charge in [-0.05, 0) is 27.7 Å². The normalized spacial score (nSPS) is 20.9. The van der Waals surface area contributed by atoms with Gasteiger partial charge in [0, 0.05) is 26.2 Å². The predicted molar refractivity (Wildman–Crippen MR) is 116 cm³/mol. The maximum absolute atomic E-state index is 12.8. The summed E-state index contributed by atoms with van der Waals surface area (Å²) in [6.07, 6.45) is 0. The Labute approximate surface area is 198 Å². The van der Waals surface area contributed by atoms with Crippen LogP contribution < -0.4 is 0 Å². The fourth-order valence-electron chi connectivity index (χ4n) is 3.99. The highest BCUT2D eigenvalue weighted by molar-refractivity contribution is 5.98. The predicted octanol–water partition coefficient (Wildman–Crippen LogP) is -0.366. The molecule has 0 aromatic heterocycles. The topological polar surface area (TPSA) is 146 Å². The van der Waals surface area contributed by atoms with E-state index >= 15 is 0 Å². The van der Waals surface area contributed by atoms with E-state index in [2.05, 4.69) is 0 Å². The van der Waals surface area contributed by atoms with Crippen molar-refractivity contribution in [2.75, 3.05) is 53.6 Å². The molecular formula is C22H34N2O10. The summed E-state index contributed by atoms with van der Waals surface area (Å²) in [4.78, 5) is 77.6. The van der Waals surface area contributed by atoms with Gasteiger partial charge in [-0.25, -0.2) is 0 Å². The van der Waals surface area contributed by atoms with Crippen molar-refractivity contribution in [1.29, 1.82) is 0 Å². The van der Waals surface area contributed by atoms with E-state index in [1.165, 1.54) is 9.80 Å². The number of amides is 2. The minimum atomic E-state index is -1.45. The molecule has 0 heterocycles. The summed E-state index contributed by atoms with van der Waals surface area (Å²) in [5, 5.41) is 0. The third-order valence-corrected chi connectivity index (χ3v) is 5.95. The molecule has 0 radical (unpaired) electrons. The lowest BCUT2D eigenvalue weighted by Crippen LogP contribution is -2.61. The first-order chi connectivity index (χ1) is 16.1. The Bertz CT molecular complexity index is 712. The second-order valence-electron chi connectivity index (χ2n) is 7.50. The van der Waals surface area contributed by atoms with E-state index in [9.17, 15) is 28.8 Å². The highest BCUT2D eigenvalue weighted by Crippen LogP contribution is 2.49. The van der Waals surface area contributed by atoms with Crippen molar-refractivity contribution in [2.24, 2.45) is 23.7 Å². The average molecular weight is 487 g/mol. The molecule has 1 saturated carbocycles. The molecule has 0 aromatic carbocycles. The van der Waals surface area contributed by atoms with Crippen LogP contribution in [0.1, 0.15) is 27.7 Å². The molecule has 1 rings (SSSR count). The van der Waals surface area contributed by atoms with Gasteiger partial charge in [0.05, 0.1) is 37.9 Å². The number of hydrogen-bond acceptors (Lipinski definition) is 10. The smallest absolute Gasteiger partial charge is 0.311 e. The zero-order valence-corrected chi connectivity index (χ0v) is 20.5. The molecule has 192 valence electrons. The van der Waals surface area contributed by atoms with E-state index in [1.54, 1.807) is 27.7 Å². The number of likely N-dealkylation sites (N-methyl/N-ethyl adjacent to an activating group) is 2. The molecule has 1 aliphatic carbocycles. The molecule has 0 saturated heterocycles. The van der Waals surface area contributed by atoms with Gasteiger partial charge in [-0.15, -0.1) is 0 Å². The Balaban J connectivity index is 3.11. The Morgan fingerprint density at radius 1 is 0.529 bits per heavy atom. The monoisotopic (exact) mass is 486 g/mol. The van der Waals surface area contributed by atoms with Crippen LogP contribution >= 0.6 is 0 Å². The number of esters is 4. The van der Waals surface area contributed by atoms with E-state index in [0.717, 1.165) is 14.2 Å². The van der Waals surface area contributed by atoms with Crippen molar-refractivity contribution >= 4 is 35.7 Å². The number of methoxy groups -OCH3 is 2. The van der Waals surface area contributed by atoms with Crippen molar-refractivity contribution in [1.82, 2.24) is 9.80 Å². The fraction of sp³-hybridized carbons (Fsp3) is 0.727. The molecule has 1 fully saturated rings. The zero-order valence-electron chi connectivity index (χ0n) is 20.5. The molecule has 12 heteroatoms. The van der Waals surface area contributed by atoms with Crippen molar-refractivity contribution in [3.8, 4) is 0 Å². The fourth-order valence-corrected chi connectivity index (χ4v) is 3.99. The molecule has 0 spiro atoms. The molecule has 34 heavy (non-hydrogen) atoms. The Morgan fingerprint density at radius 2 is 0.794 bits per heavy atom. The highest BCUT2D eigenvalue weighted by Gasteiger charge is 2.65. The minimum Gasteiger partial charge on any atom is -0.469 e. The van der Waals surface area contributed by atoms with Crippen molar-refractivity contribution < 1.29 is 47.7 Å². The number of rotatable bonds is 12. The largest absolute Gasteiger partial charge is 0.469 e. The SMILES string of the molecule is CCN(CC)C(=O)COC(=O)[C@@H]1[C@@H](C(=O)OC)[C@@H](C(=O)OC)[C@@H]1C(=O)OCC(=O)N(CC)CC. The van der Waals surface area contributed by atoms with Gasteiger partial charge in [0.25, 0.3) is 11.8 Å². The van der Waals surface area contributed by atoms with E-state index in [4.69, 9.17) is 18.9 Å². The molecule has 1 aliphatic rings. The van der Waals surface area contributed by atoms with Gasteiger partial charge in [0.1, 0.15) is 0 Å². The van der Waals surface area contributed by atoms with Crippen LogP contribution in [0, 0.1) is 23.7 Å². The molecule has 0 unspecified atom stereocenters. The average Bonchev–Trinajstić information content (AvgIpc) is 2.81. The molecule has 2 amide bonds. The van der Waals surface area contributed by atoms with Crippen LogP contribution in [-0.2, 0) is 47.7 Å². The number of carbonyl (C=O) groups is 6. The van der Waals surface area contributed by atoms with Gasteiger partial charge in [0.2, 0.25) is 0 Å². The summed E-state index contributed by atoms with van der Waals surface area (Å²) < 4.78 is 19.6. The first kappa shape index (κ1) is 28.9. The summed E-state index contributed by atoms with van der Waals surface area (Å²) in [5.41, 5.74) is 0. The minimum absolute atomic E-state index is 0.404. The standard InChI is InChI=1S/C22H34N2O10/c1-7-23(8-2)13(25)11-33-21(29)17-15(19(27)31-5)16(20(28)32-6)18(17)22(30)34-12-14(26)24(9-3)10-4/h15-18H,7-12H2,1-6H3/t15-,16+,17+,18-. The molecule has 0 N–H and O–H groups in total. The van der Waals surface area contributed by atoms with Crippen LogP contribution in [0.15, 0.2) is 0 Å².